The van der Waals surface area contributed by atoms with Crippen LogP contribution in [0.15, 0.2) is 18.2 Å². The third-order valence-corrected chi connectivity index (χ3v) is 5.69. The van der Waals surface area contributed by atoms with Gasteiger partial charge in [-0.05, 0) is 36.0 Å². The van der Waals surface area contributed by atoms with Gasteiger partial charge in [0.2, 0.25) is 0 Å². The van der Waals surface area contributed by atoms with Crippen LogP contribution in [-0.2, 0) is 4.74 Å². The molecule has 0 N–H and O–H groups in total. The zero-order chi connectivity index (χ0) is 16.8. The lowest BCUT2D eigenvalue weighted by molar-refractivity contribution is -0.107. The first-order valence-corrected chi connectivity index (χ1v) is 8.32. The first kappa shape index (κ1) is 16.6. The molecule has 0 unspecified atom stereocenters. The zero-order valence-electron chi connectivity index (χ0n) is 14.2. The summed E-state index contributed by atoms with van der Waals surface area (Å²) in [5.41, 5.74) is 0.955. The molecule has 2 atom stereocenters. The quantitative estimate of drug-likeness (QED) is 0.844. The number of amides is 1. The Labute approximate surface area is 142 Å². The number of ether oxygens (including phenoxy) is 2. The van der Waals surface area contributed by atoms with Crippen LogP contribution in [0.1, 0.15) is 30.6 Å². The second kappa shape index (κ2) is 5.67. The number of likely N-dealkylation sites (tertiary alicyclic amines) is 1. The fourth-order valence-electron chi connectivity index (χ4n) is 4.75. The van der Waals surface area contributed by atoms with Crippen LogP contribution in [0.5, 0.6) is 5.75 Å². The molecule has 23 heavy (non-hydrogen) atoms. The number of benzene rings is 1. The van der Waals surface area contributed by atoms with Gasteiger partial charge >= 0.3 is 0 Å². The number of hydrogen-bond acceptors (Lipinski definition) is 3. The van der Waals surface area contributed by atoms with Gasteiger partial charge in [-0.1, -0.05) is 25.4 Å². The highest BCUT2D eigenvalue weighted by molar-refractivity contribution is 6.31. The molecule has 0 spiro atoms. The van der Waals surface area contributed by atoms with Crippen LogP contribution in [0.25, 0.3) is 0 Å². The van der Waals surface area contributed by atoms with Gasteiger partial charge in [-0.2, -0.15) is 0 Å². The first-order valence-electron chi connectivity index (χ1n) is 7.94. The van der Waals surface area contributed by atoms with Crippen molar-refractivity contribution in [3.63, 3.8) is 0 Å². The van der Waals surface area contributed by atoms with Crippen molar-refractivity contribution in [3.8, 4) is 5.75 Å². The van der Waals surface area contributed by atoms with Crippen LogP contribution in [0.4, 0.5) is 0 Å². The molecule has 0 radical (unpaired) electrons. The fourth-order valence-corrected chi connectivity index (χ4v) is 4.97. The zero-order valence-corrected chi connectivity index (χ0v) is 14.9. The van der Waals surface area contributed by atoms with Crippen molar-refractivity contribution in [1.82, 2.24) is 4.90 Å². The average Bonchev–Trinajstić information content (AvgIpc) is 2.81. The van der Waals surface area contributed by atoms with Crippen molar-refractivity contribution in [3.05, 3.63) is 28.8 Å². The average molecular weight is 338 g/mol. The van der Waals surface area contributed by atoms with E-state index in [1.54, 1.807) is 32.4 Å². The van der Waals surface area contributed by atoms with E-state index in [1.807, 2.05) is 4.90 Å². The summed E-state index contributed by atoms with van der Waals surface area (Å²) in [6, 6.07) is 5.17. The minimum absolute atomic E-state index is 0.0199. The summed E-state index contributed by atoms with van der Waals surface area (Å²) in [5, 5.41) is 0.516. The summed E-state index contributed by atoms with van der Waals surface area (Å²) in [7, 11) is 3.32. The summed E-state index contributed by atoms with van der Waals surface area (Å²) in [5.74, 6) is 1.11. The molecule has 1 aromatic rings. The van der Waals surface area contributed by atoms with Crippen molar-refractivity contribution in [2.24, 2.45) is 16.7 Å². The third-order valence-electron chi connectivity index (χ3n) is 5.47. The van der Waals surface area contributed by atoms with Crippen molar-refractivity contribution >= 4 is 17.5 Å². The lowest BCUT2D eigenvalue weighted by Crippen LogP contribution is -2.55. The van der Waals surface area contributed by atoms with Crippen LogP contribution in [0.2, 0.25) is 5.02 Å². The van der Waals surface area contributed by atoms with Gasteiger partial charge in [0.05, 0.1) is 13.7 Å². The molecule has 1 heterocycles. The molecule has 1 aliphatic carbocycles. The normalized spacial score (nSPS) is 28.2. The van der Waals surface area contributed by atoms with E-state index in [1.165, 1.54) is 0 Å². The smallest absolute Gasteiger partial charge is 0.254 e. The Morgan fingerprint density at radius 1 is 1.35 bits per heavy atom. The molecule has 1 aliphatic heterocycles. The maximum absolute atomic E-state index is 12.9. The Balaban J connectivity index is 1.83. The summed E-state index contributed by atoms with van der Waals surface area (Å²) in [4.78, 5) is 14.9. The fraction of sp³-hybridized carbons (Fsp3) is 0.611. The topological polar surface area (TPSA) is 38.8 Å². The van der Waals surface area contributed by atoms with Gasteiger partial charge in [0, 0.05) is 36.2 Å². The van der Waals surface area contributed by atoms with Gasteiger partial charge in [0.15, 0.2) is 0 Å². The molecule has 1 aromatic carbocycles. The molecule has 1 saturated carbocycles. The predicted octanol–water partition coefficient (Wildman–Crippen LogP) is 3.48. The Morgan fingerprint density at radius 3 is 2.70 bits per heavy atom. The monoisotopic (exact) mass is 337 g/mol. The molecule has 5 heteroatoms. The van der Waals surface area contributed by atoms with E-state index >= 15 is 0 Å². The van der Waals surface area contributed by atoms with Crippen LogP contribution in [-0.4, -0.2) is 44.7 Å². The summed E-state index contributed by atoms with van der Waals surface area (Å²) >= 11 is 6.10. The largest absolute Gasteiger partial charge is 0.497 e. The molecule has 2 aliphatic rings. The van der Waals surface area contributed by atoms with Gasteiger partial charge in [-0.15, -0.1) is 0 Å². The number of carbonyl (C=O) groups is 1. The van der Waals surface area contributed by atoms with E-state index in [2.05, 4.69) is 13.8 Å². The van der Waals surface area contributed by atoms with E-state index in [-0.39, 0.29) is 16.7 Å². The lowest BCUT2D eigenvalue weighted by Gasteiger charge is -2.56. The molecule has 0 aromatic heterocycles. The molecular formula is C18H24ClNO3. The SMILES string of the molecule is COC[C@@]12CN(C(=O)c3cc(Cl)cc(OC)c3)C[C@@H]1C(C)(C)C2. The van der Waals surface area contributed by atoms with E-state index in [0.29, 0.717) is 28.9 Å². The summed E-state index contributed by atoms with van der Waals surface area (Å²) in [6.45, 7) is 6.81. The highest BCUT2D eigenvalue weighted by Gasteiger charge is 2.63. The van der Waals surface area contributed by atoms with E-state index in [4.69, 9.17) is 21.1 Å². The van der Waals surface area contributed by atoms with Crippen LogP contribution in [0, 0.1) is 16.7 Å². The minimum atomic E-state index is 0.0199. The second-order valence-electron chi connectivity index (χ2n) is 7.58. The highest BCUT2D eigenvalue weighted by Crippen LogP contribution is 2.62. The van der Waals surface area contributed by atoms with Crippen molar-refractivity contribution in [1.29, 1.82) is 0 Å². The number of fused-ring (bicyclic) bond motifs is 1. The van der Waals surface area contributed by atoms with Gasteiger partial charge in [-0.25, -0.2) is 0 Å². The van der Waals surface area contributed by atoms with Crippen LogP contribution >= 0.6 is 11.6 Å². The first-order chi connectivity index (χ1) is 10.8. The maximum Gasteiger partial charge on any atom is 0.254 e. The Bertz CT molecular complexity index is 631. The maximum atomic E-state index is 12.9. The molecule has 126 valence electrons. The highest BCUT2D eigenvalue weighted by atomic mass is 35.5. The van der Waals surface area contributed by atoms with Gasteiger partial charge in [0.25, 0.3) is 5.91 Å². The Morgan fingerprint density at radius 2 is 2.09 bits per heavy atom. The second-order valence-corrected chi connectivity index (χ2v) is 8.02. The molecule has 3 rings (SSSR count). The standard InChI is InChI=1S/C18H24ClNO3/c1-17(2)9-18(11-22-3)10-20(8-15(17)18)16(21)12-5-13(19)7-14(6-12)23-4/h5-7,15H,8-11H2,1-4H3/t15-,18-/m1/s1. The molecular weight excluding hydrogens is 314 g/mol. The minimum Gasteiger partial charge on any atom is -0.497 e. The number of rotatable bonds is 4. The van der Waals surface area contributed by atoms with E-state index in [9.17, 15) is 4.79 Å². The van der Waals surface area contributed by atoms with Crippen LogP contribution in [0.3, 0.4) is 0 Å². The number of halogens is 1. The molecule has 1 saturated heterocycles. The number of carbonyl (C=O) groups excluding carboxylic acids is 1. The summed E-state index contributed by atoms with van der Waals surface area (Å²) < 4.78 is 10.7. The van der Waals surface area contributed by atoms with Crippen molar-refractivity contribution in [2.45, 2.75) is 20.3 Å². The summed E-state index contributed by atoms with van der Waals surface area (Å²) in [6.07, 6.45) is 1.10. The van der Waals surface area contributed by atoms with Crippen LogP contribution < -0.4 is 4.74 Å². The number of hydrogen-bond donors (Lipinski definition) is 0. The molecule has 2 fully saturated rings. The lowest BCUT2D eigenvalue weighted by atomic mass is 9.48. The Kier molecular flexibility index (Phi) is 4.09. The van der Waals surface area contributed by atoms with Crippen molar-refractivity contribution in [2.75, 3.05) is 33.9 Å². The predicted molar refractivity (Wildman–Crippen MR) is 90.1 cm³/mol. The van der Waals surface area contributed by atoms with E-state index < -0.39 is 0 Å². The van der Waals surface area contributed by atoms with Crippen molar-refractivity contribution < 1.29 is 14.3 Å². The van der Waals surface area contributed by atoms with Gasteiger partial charge < -0.3 is 14.4 Å². The van der Waals surface area contributed by atoms with Gasteiger partial charge in [0.1, 0.15) is 5.75 Å². The number of methoxy groups -OCH3 is 2. The third kappa shape index (κ3) is 2.72. The number of nitrogens with zero attached hydrogens (tertiary/aromatic N) is 1. The molecule has 0 bridgehead atoms. The Hall–Kier alpha value is -1.26. The molecule has 4 nitrogen and oxygen atoms in total. The van der Waals surface area contributed by atoms with Gasteiger partial charge in [-0.3, -0.25) is 4.79 Å². The molecule has 1 amide bonds. The van der Waals surface area contributed by atoms with E-state index in [0.717, 1.165) is 19.5 Å².